The molecule has 4 nitrogen and oxygen atoms in total. The number of fused-ring (bicyclic) bond motifs is 1. The number of carbonyl (C=O) groups excluding carboxylic acids is 1. The second-order valence-corrected chi connectivity index (χ2v) is 6.52. The van der Waals surface area contributed by atoms with Crippen molar-refractivity contribution in [2.75, 3.05) is 0 Å². The number of aryl methyl sites for hydroxylation is 1. The molecule has 5 heteroatoms. The number of nitrogens with one attached hydrogen (secondary N) is 2. The Balaban J connectivity index is 1.87. The molecule has 1 aliphatic rings. The lowest BCUT2D eigenvalue weighted by Crippen LogP contribution is -2.43. The van der Waals surface area contributed by atoms with Gasteiger partial charge in [-0.05, 0) is 57.0 Å². The molecular weight excluding hydrogens is 248 g/mol. The third kappa shape index (κ3) is 3.46. The van der Waals surface area contributed by atoms with Gasteiger partial charge < -0.3 is 4.74 Å². The summed E-state index contributed by atoms with van der Waals surface area (Å²) >= 11 is 1.79. The van der Waals surface area contributed by atoms with Crippen LogP contribution >= 0.6 is 11.3 Å². The molecule has 1 aromatic heterocycles. The molecule has 0 aliphatic heterocycles. The Morgan fingerprint density at radius 2 is 2.28 bits per heavy atom. The van der Waals surface area contributed by atoms with Crippen molar-refractivity contribution in [2.45, 2.75) is 51.7 Å². The van der Waals surface area contributed by atoms with Crippen LogP contribution < -0.4 is 10.9 Å². The molecule has 0 bridgehead atoms. The lowest BCUT2D eigenvalue weighted by atomic mass is 9.95. The van der Waals surface area contributed by atoms with Gasteiger partial charge in [0.1, 0.15) is 5.60 Å². The third-order valence-corrected chi connectivity index (χ3v) is 3.80. The maximum atomic E-state index is 11.6. The van der Waals surface area contributed by atoms with Crippen molar-refractivity contribution >= 4 is 17.4 Å². The maximum absolute atomic E-state index is 11.6. The molecule has 0 spiro atoms. The molecule has 0 radical (unpaired) electrons. The third-order valence-electron chi connectivity index (χ3n) is 2.80. The summed E-state index contributed by atoms with van der Waals surface area (Å²) in [6.45, 7) is 5.55. The van der Waals surface area contributed by atoms with E-state index in [1.54, 1.807) is 11.3 Å². The zero-order chi connectivity index (χ0) is 13.2. The van der Waals surface area contributed by atoms with Gasteiger partial charge in [-0.3, -0.25) is 5.43 Å². The van der Waals surface area contributed by atoms with Gasteiger partial charge in [-0.25, -0.2) is 10.2 Å². The van der Waals surface area contributed by atoms with Crippen molar-refractivity contribution in [3.63, 3.8) is 0 Å². The van der Waals surface area contributed by atoms with E-state index >= 15 is 0 Å². The first-order chi connectivity index (χ1) is 8.46. The number of hydrogen-bond acceptors (Lipinski definition) is 4. The fraction of sp³-hybridized carbons (Fsp3) is 0.615. The van der Waals surface area contributed by atoms with Gasteiger partial charge in [0.15, 0.2) is 0 Å². The predicted octanol–water partition coefficient (Wildman–Crippen LogP) is 3.15. The van der Waals surface area contributed by atoms with E-state index in [-0.39, 0.29) is 6.04 Å². The van der Waals surface area contributed by atoms with Gasteiger partial charge in [-0.15, -0.1) is 11.3 Å². The van der Waals surface area contributed by atoms with Crippen molar-refractivity contribution in [2.24, 2.45) is 0 Å². The molecular formula is C13H20N2O2S. The second kappa shape index (κ2) is 5.28. The number of thiophene rings is 1. The molecule has 2 N–H and O–H groups in total. The summed E-state index contributed by atoms with van der Waals surface area (Å²) in [5.41, 5.74) is 6.54. The molecule has 18 heavy (non-hydrogen) atoms. The second-order valence-electron chi connectivity index (χ2n) is 5.52. The maximum Gasteiger partial charge on any atom is 0.422 e. The minimum absolute atomic E-state index is 0.201. The quantitative estimate of drug-likeness (QED) is 0.810. The molecule has 0 saturated heterocycles. The number of hydrogen-bond donors (Lipinski definition) is 2. The normalized spacial score (nSPS) is 19.2. The summed E-state index contributed by atoms with van der Waals surface area (Å²) in [6, 6.07) is 2.33. The van der Waals surface area contributed by atoms with E-state index in [4.69, 9.17) is 4.74 Å². The number of ether oxygens (including phenoxy) is 1. The zero-order valence-electron chi connectivity index (χ0n) is 11.1. The highest BCUT2D eigenvalue weighted by molar-refractivity contribution is 7.10. The van der Waals surface area contributed by atoms with Gasteiger partial charge in [-0.1, -0.05) is 0 Å². The van der Waals surface area contributed by atoms with Crippen LogP contribution in [-0.4, -0.2) is 11.7 Å². The van der Waals surface area contributed by atoms with E-state index in [2.05, 4.69) is 22.3 Å². The Morgan fingerprint density at radius 1 is 1.50 bits per heavy atom. The SMILES string of the molecule is CC(C)(C)OC(=O)NNC1CCCc2sccc21. The first-order valence-electron chi connectivity index (χ1n) is 6.26. The highest BCUT2D eigenvalue weighted by Crippen LogP contribution is 2.32. The Hall–Kier alpha value is -1.07. The first-order valence-corrected chi connectivity index (χ1v) is 7.14. The molecule has 0 fully saturated rings. The molecule has 1 aromatic rings. The van der Waals surface area contributed by atoms with E-state index in [0.717, 1.165) is 19.3 Å². The molecule has 1 heterocycles. The van der Waals surface area contributed by atoms with Crippen molar-refractivity contribution < 1.29 is 9.53 Å². The molecule has 0 saturated carbocycles. The van der Waals surface area contributed by atoms with E-state index < -0.39 is 11.7 Å². The standard InChI is InChI=1S/C13H20N2O2S/c1-13(2,3)17-12(16)15-14-10-5-4-6-11-9(10)7-8-18-11/h7-8,10,14H,4-6H2,1-3H3,(H,15,16). The van der Waals surface area contributed by atoms with E-state index in [1.165, 1.54) is 10.4 Å². The first kappa shape index (κ1) is 13.4. The number of amides is 1. The van der Waals surface area contributed by atoms with Gasteiger partial charge in [0.05, 0.1) is 6.04 Å². The molecule has 100 valence electrons. The Kier molecular flexibility index (Phi) is 3.92. The van der Waals surface area contributed by atoms with Crippen LogP contribution in [0.4, 0.5) is 4.79 Å². The summed E-state index contributed by atoms with van der Waals surface area (Å²) < 4.78 is 5.19. The summed E-state index contributed by atoms with van der Waals surface area (Å²) in [4.78, 5) is 13.0. The molecule has 0 aromatic carbocycles. The highest BCUT2D eigenvalue weighted by atomic mass is 32.1. The number of hydrazine groups is 1. The smallest absolute Gasteiger partial charge is 0.422 e. The van der Waals surface area contributed by atoms with E-state index in [0.29, 0.717) is 0 Å². The fourth-order valence-corrected chi connectivity index (χ4v) is 3.07. The van der Waals surface area contributed by atoms with E-state index in [9.17, 15) is 4.79 Å². The van der Waals surface area contributed by atoms with Crippen LogP contribution in [-0.2, 0) is 11.2 Å². The lowest BCUT2D eigenvalue weighted by molar-refractivity contribution is 0.0485. The van der Waals surface area contributed by atoms with Gasteiger partial charge in [0.2, 0.25) is 0 Å². The van der Waals surface area contributed by atoms with E-state index in [1.807, 2.05) is 20.8 Å². The largest absolute Gasteiger partial charge is 0.443 e. The summed E-state index contributed by atoms with van der Waals surface area (Å²) in [6.07, 6.45) is 2.92. The van der Waals surface area contributed by atoms with Crippen molar-refractivity contribution in [3.8, 4) is 0 Å². The van der Waals surface area contributed by atoms with Crippen LogP contribution in [0.3, 0.4) is 0 Å². The van der Waals surface area contributed by atoms with Crippen LogP contribution in [0.2, 0.25) is 0 Å². The van der Waals surface area contributed by atoms with Crippen LogP contribution in [0.5, 0.6) is 0 Å². The van der Waals surface area contributed by atoms with Gasteiger partial charge in [0.25, 0.3) is 0 Å². The monoisotopic (exact) mass is 268 g/mol. The number of carbonyl (C=O) groups is 1. The summed E-state index contributed by atoms with van der Waals surface area (Å²) in [7, 11) is 0. The fourth-order valence-electron chi connectivity index (χ4n) is 2.09. The van der Waals surface area contributed by atoms with Gasteiger partial charge in [-0.2, -0.15) is 0 Å². The summed E-state index contributed by atoms with van der Waals surface area (Å²) in [5.74, 6) is 0. The average Bonchev–Trinajstić information content (AvgIpc) is 2.72. The molecule has 1 amide bonds. The lowest BCUT2D eigenvalue weighted by Gasteiger charge is -2.25. The van der Waals surface area contributed by atoms with Gasteiger partial charge >= 0.3 is 6.09 Å². The molecule has 1 aliphatic carbocycles. The number of rotatable bonds is 2. The van der Waals surface area contributed by atoms with Crippen molar-refractivity contribution in [3.05, 3.63) is 21.9 Å². The van der Waals surface area contributed by atoms with Crippen LogP contribution in [0.25, 0.3) is 0 Å². The van der Waals surface area contributed by atoms with Crippen molar-refractivity contribution in [1.82, 2.24) is 10.9 Å². The molecule has 1 unspecified atom stereocenters. The Bertz CT molecular complexity index is 423. The molecule has 1 atom stereocenters. The Morgan fingerprint density at radius 3 is 3.00 bits per heavy atom. The minimum atomic E-state index is -0.466. The predicted molar refractivity (Wildman–Crippen MR) is 72.5 cm³/mol. The summed E-state index contributed by atoms with van der Waals surface area (Å²) in [5, 5.41) is 2.11. The highest BCUT2D eigenvalue weighted by Gasteiger charge is 2.22. The van der Waals surface area contributed by atoms with Gasteiger partial charge in [0, 0.05) is 4.88 Å². The van der Waals surface area contributed by atoms with Crippen LogP contribution in [0.15, 0.2) is 11.4 Å². The average molecular weight is 268 g/mol. The van der Waals surface area contributed by atoms with Crippen molar-refractivity contribution in [1.29, 1.82) is 0 Å². The zero-order valence-corrected chi connectivity index (χ0v) is 11.9. The van der Waals surface area contributed by atoms with Crippen LogP contribution in [0, 0.1) is 0 Å². The van der Waals surface area contributed by atoms with Crippen LogP contribution in [0.1, 0.15) is 50.1 Å². The minimum Gasteiger partial charge on any atom is -0.443 e. The Labute approximate surface area is 112 Å². The molecule has 2 rings (SSSR count). The topological polar surface area (TPSA) is 50.4 Å².